The lowest BCUT2D eigenvalue weighted by Crippen LogP contribution is -2.24. The molecule has 3 aromatic rings. The van der Waals surface area contributed by atoms with Gasteiger partial charge in [-0.2, -0.15) is 5.10 Å². The molecule has 2 atom stereocenters. The topological polar surface area (TPSA) is 125 Å². The molecule has 0 saturated heterocycles. The van der Waals surface area contributed by atoms with Crippen molar-refractivity contribution in [2.45, 2.75) is 58.3 Å². The molecule has 37 heavy (non-hydrogen) atoms. The molecule has 8 nitrogen and oxygen atoms in total. The Kier molecular flexibility index (Phi) is 9.32. The third kappa shape index (κ3) is 7.58. The van der Waals surface area contributed by atoms with Crippen LogP contribution in [0, 0.1) is 12.7 Å². The van der Waals surface area contributed by atoms with Gasteiger partial charge in [-0.15, -0.1) is 0 Å². The van der Waals surface area contributed by atoms with E-state index in [0.29, 0.717) is 23.5 Å². The number of nitrogens with zero attached hydrogens (tertiary/aromatic N) is 2. The summed E-state index contributed by atoms with van der Waals surface area (Å²) in [4.78, 5) is 24.0. The summed E-state index contributed by atoms with van der Waals surface area (Å²) in [6.07, 6.45) is -0.00523. The summed E-state index contributed by atoms with van der Waals surface area (Å²) in [5, 5.41) is 36.5. The fourth-order valence-electron chi connectivity index (χ4n) is 3.94. The van der Waals surface area contributed by atoms with Gasteiger partial charge in [-0.1, -0.05) is 49.8 Å². The zero-order valence-electron chi connectivity index (χ0n) is 21.1. The Labute approximate surface area is 215 Å². The number of hydrogen-bond donors (Lipinski definition) is 4. The third-order valence-corrected chi connectivity index (χ3v) is 5.80. The fourth-order valence-corrected chi connectivity index (χ4v) is 3.94. The van der Waals surface area contributed by atoms with E-state index in [0.717, 1.165) is 11.1 Å². The quantitative estimate of drug-likeness (QED) is 0.310. The summed E-state index contributed by atoms with van der Waals surface area (Å²) in [6.45, 7) is 6.12. The zero-order valence-corrected chi connectivity index (χ0v) is 21.1. The lowest BCUT2D eigenvalue weighted by atomic mass is 9.98. The van der Waals surface area contributed by atoms with Crippen LogP contribution >= 0.6 is 0 Å². The number of aliphatic carboxylic acids is 1. The number of aryl methyl sites for hydroxylation is 1. The van der Waals surface area contributed by atoms with Gasteiger partial charge in [0.05, 0.1) is 30.0 Å². The van der Waals surface area contributed by atoms with Crippen molar-refractivity contribution >= 4 is 18.0 Å². The van der Waals surface area contributed by atoms with Crippen molar-refractivity contribution in [1.29, 1.82) is 0 Å². The molecule has 1 amide bonds. The highest BCUT2D eigenvalue weighted by Crippen LogP contribution is 2.28. The minimum Gasteiger partial charge on any atom is -0.481 e. The minimum absolute atomic E-state index is 0.135. The van der Waals surface area contributed by atoms with Gasteiger partial charge in [0.2, 0.25) is 0 Å². The van der Waals surface area contributed by atoms with E-state index >= 15 is 0 Å². The number of nitrogens with one attached hydrogen (secondary N) is 1. The molecule has 1 aromatic heterocycles. The van der Waals surface area contributed by atoms with E-state index in [-0.39, 0.29) is 23.9 Å². The van der Waals surface area contributed by atoms with Gasteiger partial charge in [-0.05, 0) is 48.7 Å². The van der Waals surface area contributed by atoms with Crippen molar-refractivity contribution < 1.29 is 29.3 Å². The monoisotopic (exact) mass is 509 g/mol. The Morgan fingerprint density at radius 1 is 1.08 bits per heavy atom. The molecule has 0 aliphatic rings. The second kappa shape index (κ2) is 12.4. The van der Waals surface area contributed by atoms with Crippen LogP contribution in [0.5, 0.6) is 0 Å². The summed E-state index contributed by atoms with van der Waals surface area (Å²) >= 11 is 0. The van der Waals surface area contributed by atoms with Crippen LogP contribution in [-0.4, -0.2) is 49.2 Å². The van der Waals surface area contributed by atoms with Gasteiger partial charge in [0.15, 0.2) is 5.69 Å². The van der Waals surface area contributed by atoms with Crippen molar-refractivity contribution in [3.8, 4) is 5.69 Å². The minimum atomic E-state index is -1.22. The molecule has 0 unspecified atom stereocenters. The van der Waals surface area contributed by atoms with Crippen molar-refractivity contribution in [3.05, 3.63) is 88.5 Å². The zero-order chi connectivity index (χ0) is 27.1. The number of aliphatic hydroxyl groups is 2. The Hall–Kier alpha value is -3.82. The maximum absolute atomic E-state index is 13.6. The Balaban J connectivity index is 1.96. The Bertz CT molecular complexity index is 1250. The summed E-state index contributed by atoms with van der Waals surface area (Å²) in [5.41, 5.74) is 3.90. The van der Waals surface area contributed by atoms with Crippen LogP contribution in [0.4, 0.5) is 4.39 Å². The van der Waals surface area contributed by atoms with Crippen LogP contribution in [0.1, 0.15) is 65.5 Å². The van der Waals surface area contributed by atoms with Crippen molar-refractivity contribution in [1.82, 2.24) is 15.1 Å². The van der Waals surface area contributed by atoms with Crippen molar-refractivity contribution in [2.24, 2.45) is 0 Å². The molecule has 0 aliphatic heterocycles. The first-order chi connectivity index (χ1) is 17.5. The standard InChI is InChI=1S/C28H32FN3O5/c1-17(2)26-24(13-12-22(33)14-23(34)15-25(35)36)32(21-10-8-20(29)9-11-21)31-27(26)28(37)30-16-19-6-4-18(3)5-7-19/h4-13,17,22-23,33-34H,14-16H2,1-3H3,(H,30,37)(H,35,36)/b13-12+/t22-,23+/m0/s1. The van der Waals surface area contributed by atoms with Gasteiger partial charge in [-0.3, -0.25) is 9.59 Å². The van der Waals surface area contributed by atoms with E-state index in [1.165, 1.54) is 35.0 Å². The van der Waals surface area contributed by atoms with E-state index in [1.54, 1.807) is 6.08 Å². The average molecular weight is 510 g/mol. The Morgan fingerprint density at radius 2 is 1.73 bits per heavy atom. The number of carbonyl (C=O) groups excluding carboxylic acids is 1. The second-order valence-electron chi connectivity index (χ2n) is 9.27. The number of halogens is 1. The molecule has 0 radical (unpaired) electrons. The summed E-state index contributed by atoms with van der Waals surface area (Å²) in [6, 6.07) is 13.4. The van der Waals surface area contributed by atoms with Crippen molar-refractivity contribution in [3.63, 3.8) is 0 Å². The molecular weight excluding hydrogens is 477 g/mol. The summed E-state index contributed by atoms with van der Waals surface area (Å²) in [5.74, 6) is -2.10. The van der Waals surface area contributed by atoms with Crippen LogP contribution in [0.25, 0.3) is 11.8 Å². The number of amides is 1. The highest BCUT2D eigenvalue weighted by atomic mass is 19.1. The number of carboxylic acids is 1. The first-order valence-electron chi connectivity index (χ1n) is 12.0. The Morgan fingerprint density at radius 3 is 2.32 bits per heavy atom. The molecule has 0 saturated carbocycles. The first kappa shape index (κ1) is 27.8. The van der Waals surface area contributed by atoms with Crippen LogP contribution < -0.4 is 5.32 Å². The number of aliphatic hydroxyl groups excluding tert-OH is 2. The fraction of sp³-hybridized carbons (Fsp3) is 0.321. The number of carbonyl (C=O) groups is 2. The van der Waals surface area contributed by atoms with E-state index < -0.39 is 30.4 Å². The largest absolute Gasteiger partial charge is 0.481 e. The smallest absolute Gasteiger partial charge is 0.305 e. The SMILES string of the molecule is Cc1ccc(CNC(=O)c2nn(-c3ccc(F)cc3)c(/C=C/[C@H](O)C[C@@H](O)CC(=O)O)c2C(C)C)cc1. The predicted octanol–water partition coefficient (Wildman–Crippen LogP) is 3.97. The molecule has 196 valence electrons. The third-order valence-electron chi connectivity index (χ3n) is 5.80. The van der Waals surface area contributed by atoms with E-state index in [4.69, 9.17) is 5.11 Å². The molecular formula is C28H32FN3O5. The normalized spacial score (nSPS) is 13.2. The van der Waals surface area contributed by atoms with Crippen LogP contribution in [-0.2, 0) is 11.3 Å². The van der Waals surface area contributed by atoms with Gasteiger partial charge in [0.1, 0.15) is 5.82 Å². The number of carboxylic acid groups (broad SMARTS) is 1. The maximum Gasteiger partial charge on any atom is 0.305 e. The van der Waals surface area contributed by atoms with Gasteiger partial charge in [0, 0.05) is 18.5 Å². The molecule has 3 rings (SSSR count). The predicted molar refractivity (Wildman–Crippen MR) is 138 cm³/mol. The second-order valence-corrected chi connectivity index (χ2v) is 9.27. The lowest BCUT2D eigenvalue weighted by molar-refractivity contribution is -0.139. The average Bonchev–Trinajstić information content (AvgIpc) is 3.22. The van der Waals surface area contributed by atoms with Crippen LogP contribution in [0.3, 0.4) is 0 Å². The molecule has 9 heteroatoms. The van der Waals surface area contributed by atoms with Gasteiger partial charge >= 0.3 is 5.97 Å². The lowest BCUT2D eigenvalue weighted by Gasteiger charge is -2.12. The molecule has 0 spiro atoms. The molecule has 2 aromatic carbocycles. The highest BCUT2D eigenvalue weighted by Gasteiger charge is 2.25. The van der Waals surface area contributed by atoms with Crippen LogP contribution in [0.15, 0.2) is 54.6 Å². The maximum atomic E-state index is 13.6. The van der Waals surface area contributed by atoms with Gasteiger partial charge < -0.3 is 20.6 Å². The molecule has 0 fully saturated rings. The molecule has 0 aliphatic carbocycles. The van der Waals surface area contributed by atoms with Gasteiger partial charge in [-0.25, -0.2) is 9.07 Å². The van der Waals surface area contributed by atoms with Gasteiger partial charge in [0.25, 0.3) is 5.91 Å². The number of benzene rings is 2. The number of rotatable bonds is 11. The number of hydrogen-bond acceptors (Lipinski definition) is 5. The van der Waals surface area contributed by atoms with E-state index in [1.807, 2.05) is 45.0 Å². The summed E-state index contributed by atoms with van der Waals surface area (Å²) in [7, 11) is 0. The summed E-state index contributed by atoms with van der Waals surface area (Å²) < 4.78 is 15.1. The first-order valence-corrected chi connectivity index (χ1v) is 12.0. The van der Waals surface area contributed by atoms with Crippen LogP contribution in [0.2, 0.25) is 0 Å². The number of aromatic nitrogens is 2. The highest BCUT2D eigenvalue weighted by molar-refractivity contribution is 5.95. The van der Waals surface area contributed by atoms with E-state index in [9.17, 15) is 24.2 Å². The van der Waals surface area contributed by atoms with E-state index in [2.05, 4.69) is 10.4 Å². The molecule has 0 bridgehead atoms. The molecule has 4 N–H and O–H groups in total. The van der Waals surface area contributed by atoms with Crippen molar-refractivity contribution in [2.75, 3.05) is 0 Å². The molecule has 1 heterocycles.